The molecule has 0 aliphatic carbocycles. The second-order valence-electron chi connectivity index (χ2n) is 5.91. The molecule has 0 saturated heterocycles. The standard InChI is InChI=1S/C20H8O4/c21-17-9-5-1-2-6-10(9)18(22)14-13(17)15-16(14)20(24)12-8-4-3-7-11(12)19(15)23/h1-8H. The summed E-state index contributed by atoms with van der Waals surface area (Å²) in [5, 5.41) is 1.53. The van der Waals surface area contributed by atoms with Gasteiger partial charge in [0, 0.05) is 43.1 Å². The smallest absolute Gasteiger partial charge is 0.195 e. The largest absolute Gasteiger partial charge is 0.289 e. The van der Waals surface area contributed by atoms with Crippen LogP contribution in [0.4, 0.5) is 0 Å². The lowest BCUT2D eigenvalue weighted by Gasteiger charge is -2.11. The van der Waals surface area contributed by atoms with E-state index in [-0.39, 0.29) is 64.8 Å². The molecule has 0 unspecified atom stereocenters. The van der Waals surface area contributed by atoms with Gasteiger partial charge < -0.3 is 0 Å². The Morgan fingerprint density at radius 1 is 0.375 bits per heavy atom. The van der Waals surface area contributed by atoms with Gasteiger partial charge in [-0.15, -0.1) is 0 Å². The van der Waals surface area contributed by atoms with Gasteiger partial charge >= 0.3 is 0 Å². The van der Waals surface area contributed by atoms with Crippen LogP contribution in [0.1, 0.15) is 0 Å². The molecule has 0 fully saturated rings. The van der Waals surface area contributed by atoms with Gasteiger partial charge in [0.05, 0.1) is 0 Å². The molecule has 112 valence electrons. The number of hydrogen-bond acceptors (Lipinski definition) is 4. The van der Waals surface area contributed by atoms with Gasteiger partial charge in [0.15, 0.2) is 21.7 Å². The highest BCUT2D eigenvalue weighted by Gasteiger charge is 2.25. The summed E-state index contributed by atoms with van der Waals surface area (Å²) < 4.78 is 0. The van der Waals surface area contributed by atoms with Gasteiger partial charge in [-0.3, -0.25) is 19.2 Å². The topological polar surface area (TPSA) is 68.3 Å². The highest BCUT2D eigenvalue weighted by Crippen LogP contribution is 2.28. The maximum atomic E-state index is 12.7. The Morgan fingerprint density at radius 3 is 0.792 bits per heavy atom. The number of rotatable bonds is 0. The molecule has 0 radical (unpaired) electrons. The molecule has 0 N–H and O–H groups in total. The third-order valence-corrected chi connectivity index (χ3v) is 4.74. The number of benzene rings is 4. The van der Waals surface area contributed by atoms with Crippen LogP contribution in [0.15, 0.2) is 67.7 Å². The van der Waals surface area contributed by atoms with E-state index in [0.717, 1.165) is 0 Å². The minimum atomic E-state index is -0.362. The van der Waals surface area contributed by atoms with E-state index in [4.69, 9.17) is 0 Å². The summed E-state index contributed by atoms with van der Waals surface area (Å²) in [7, 11) is 0. The van der Waals surface area contributed by atoms with Gasteiger partial charge in [-0.25, -0.2) is 0 Å². The van der Waals surface area contributed by atoms with Gasteiger partial charge in [0.2, 0.25) is 0 Å². The molecular formula is C20H8O4. The maximum Gasteiger partial charge on any atom is 0.195 e. The van der Waals surface area contributed by atoms with Crippen LogP contribution in [0.5, 0.6) is 0 Å². The zero-order valence-corrected chi connectivity index (χ0v) is 12.3. The second kappa shape index (κ2) is 4.11. The normalized spacial score (nSPS) is 12.0. The summed E-state index contributed by atoms with van der Waals surface area (Å²) in [6.07, 6.45) is 0. The van der Waals surface area contributed by atoms with E-state index in [2.05, 4.69) is 0 Å². The van der Waals surface area contributed by atoms with Gasteiger partial charge in [-0.1, -0.05) is 48.5 Å². The molecule has 5 rings (SSSR count). The summed E-state index contributed by atoms with van der Waals surface area (Å²) in [5.41, 5.74) is -1.45. The molecule has 0 atom stereocenters. The third-order valence-electron chi connectivity index (χ3n) is 4.74. The van der Waals surface area contributed by atoms with Crippen LogP contribution in [0.3, 0.4) is 0 Å². The van der Waals surface area contributed by atoms with Crippen molar-refractivity contribution in [2.45, 2.75) is 0 Å². The average molecular weight is 312 g/mol. The maximum absolute atomic E-state index is 12.7. The van der Waals surface area contributed by atoms with Crippen LogP contribution in [0.2, 0.25) is 0 Å². The highest BCUT2D eigenvalue weighted by atomic mass is 16.1. The van der Waals surface area contributed by atoms with E-state index in [1.54, 1.807) is 48.5 Å². The number of hydrogen-bond donors (Lipinski definition) is 0. The van der Waals surface area contributed by atoms with Crippen LogP contribution in [-0.4, -0.2) is 0 Å². The third kappa shape index (κ3) is 1.30. The minimum Gasteiger partial charge on any atom is -0.289 e. The summed E-state index contributed by atoms with van der Waals surface area (Å²) in [5.74, 6) is 0. The Hall–Kier alpha value is -3.40. The number of fused-ring (bicyclic) bond motifs is 6. The van der Waals surface area contributed by atoms with E-state index in [1.807, 2.05) is 0 Å². The van der Waals surface area contributed by atoms with Crippen molar-refractivity contribution in [1.29, 1.82) is 0 Å². The van der Waals surface area contributed by atoms with Gasteiger partial charge in [-0.05, 0) is 0 Å². The lowest BCUT2D eigenvalue weighted by molar-refractivity contribution is 1.64. The summed E-state index contributed by atoms with van der Waals surface area (Å²) in [6, 6.07) is 13.0. The minimum absolute atomic E-state index is 0.0987. The summed E-state index contributed by atoms with van der Waals surface area (Å²) in [4.78, 5) is 50.9. The fraction of sp³-hybridized carbons (Fsp3) is 0. The molecule has 5 aromatic carbocycles. The lowest BCUT2D eigenvalue weighted by Crippen LogP contribution is -2.24. The lowest BCUT2D eigenvalue weighted by atomic mass is 9.88. The Morgan fingerprint density at radius 2 is 0.583 bits per heavy atom. The first-order valence-electron chi connectivity index (χ1n) is 7.47. The molecule has 0 spiro atoms. The van der Waals surface area contributed by atoms with E-state index >= 15 is 0 Å². The molecule has 0 aliphatic rings. The van der Waals surface area contributed by atoms with Crippen molar-refractivity contribution in [1.82, 2.24) is 0 Å². The first-order chi connectivity index (χ1) is 11.6. The predicted octanol–water partition coefficient (Wildman–Crippen LogP) is 2.05. The van der Waals surface area contributed by atoms with E-state index in [0.29, 0.717) is 0 Å². The Bertz CT molecular complexity index is 1270. The van der Waals surface area contributed by atoms with Crippen molar-refractivity contribution in [3.8, 4) is 0 Å². The first kappa shape index (κ1) is 13.1. The van der Waals surface area contributed by atoms with Crippen molar-refractivity contribution >= 4 is 43.1 Å². The van der Waals surface area contributed by atoms with Gasteiger partial charge in [0.25, 0.3) is 0 Å². The molecule has 0 heterocycles. The molecule has 0 amide bonds. The van der Waals surface area contributed by atoms with E-state index in [1.165, 1.54) is 0 Å². The molecule has 0 saturated carbocycles. The monoisotopic (exact) mass is 312 g/mol. The van der Waals surface area contributed by atoms with Crippen LogP contribution >= 0.6 is 0 Å². The van der Waals surface area contributed by atoms with Crippen molar-refractivity contribution in [3.63, 3.8) is 0 Å². The molecule has 0 aromatic heterocycles. The second-order valence-corrected chi connectivity index (χ2v) is 5.91. The fourth-order valence-electron chi connectivity index (χ4n) is 3.64. The van der Waals surface area contributed by atoms with Gasteiger partial charge in [0.1, 0.15) is 0 Å². The van der Waals surface area contributed by atoms with Crippen LogP contribution < -0.4 is 21.7 Å². The SMILES string of the molecule is O=c1c2ccccc2c(=O)c2c1c1c(=O)c3ccccc3c(=O)c21. The fourth-order valence-corrected chi connectivity index (χ4v) is 3.64. The van der Waals surface area contributed by atoms with Crippen molar-refractivity contribution in [2.24, 2.45) is 0 Å². The van der Waals surface area contributed by atoms with Crippen molar-refractivity contribution in [3.05, 3.63) is 89.4 Å². The zero-order chi connectivity index (χ0) is 16.6. The molecular weight excluding hydrogens is 304 g/mol. The Labute approximate surface area is 133 Å². The van der Waals surface area contributed by atoms with Crippen molar-refractivity contribution in [2.75, 3.05) is 0 Å². The first-order valence-corrected chi connectivity index (χ1v) is 7.47. The van der Waals surface area contributed by atoms with Crippen LogP contribution in [0.25, 0.3) is 43.1 Å². The molecule has 4 nitrogen and oxygen atoms in total. The van der Waals surface area contributed by atoms with Crippen molar-refractivity contribution < 1.29 is 0 Å². The summed E-state index contributed by atoms with van der Waals surface area (Å²) >= 11 is 0. The Kier molecular flexibility index (Phi) is 2.24. The molecule has 5 aromatic rings. The molecule has 0 bridgehead atoms. The zero-order valence-electron chi connectivity index (χ0n) is 12.3. The summed E-state index contributed by atoms with van der Waals surface area (Å²) in [6.45, 7) is 0. The van der Waals surface area contributed by atoms with Crippen LogP contribution in [-0.2, 0) is 0 Å². The Balaban J connectivity index is 2.24. The quantitative estimate of drug-likeness (QED) is 0.439. The van der Waals surface area contributed by atoms with Crippen LogP contribution in [0, 0.1) is 0 Å². The van der Waals surface area contributed by atoms with E-state index in [9.17, 15) is 19.2 Å². The van der Waals surface area contributed by atoms with Gasteiger partial charge in [-0.2, -0.15) is 0 Å². The molecule has 24 heavy (non-hydrogen) atoms. The average Bonchev–Trinajstić information content (AvgIpc) is 2.58. The molecule has 0 aliphatic heterocycles. The highest BCUT2D eigenvalue weighted by molar-refractivity contribution is 6.29. The van der Waals surface area contributed by atoms with E-state index < -0.39 is 0 Å². The molecule has 4 heteroatoms. The predicted molar refractivity (Wildman–Crippen MR) is 95.1 cm³/mol.